The Labute approximate surface area is 104 Å². The van der Waals surface area contributed by atoms with Crippen LogP contribution in [0.5, 0.6) is 0 Å². The van der Waals surface area contributed by atoms with Crippen LogP contribution in [0.15, 0.2) is 6.20 Å². The normalized spacial score (nSPS) is 28.0. The molecule has 3 rings (SSSR count). The molecule has 0 bridgehead atoms. The molecule has 0 amide bonds. The molecular formula is C12H16N2O2S. The summed E-state index contributed by atoms with van der Waals surface area (Å²) in [4.78, 5) is 15.6. The second kappa shape index (κ2) is 4.37. The number of aryl methyl sites for hydroxylation is 1. The lowest BCUT2D eigenvalue weighted by atomic mass is 9.98. The third-order valence-corrected chi connectivity index (χ3v) is 5.06. The summed E-state index contributed by atoms with van der Waals surface area (Å²) < 4.78 is 2.16. The van der Waals surface area contributed by atoms with E-state index >= 15 is 0 Å². The first kappa shape index (κ1) is 11.1. The maximum Gasteiger partial charge on any atom is 0.308 e. The minimum atomic E-state index is -0.672. The van der Waals surface area contributed by atoms with E-state index in [4.69, 9.17) is 5.11 Å². The second-order valence-corrected chi connectivity index (χ2v) is 6.10. The van der Waals surface area contributed by atoms with Gasteiger partial charge in [0.1, 0.15) is 5.82 Å². The van der Waals surface area contributed by atoms with E-state index in [2.05, 4.69) is 9.55 Å². The molecule has 5 heteroatoms. The molecule has 0 aliphatic carbocycles. The number of carbonyl (C=O) groups is 1. The maximum absolute atomic E-state index is 11.1. The predicted octanol–water partition coefficient (Wildman–Crippen LogP) is 2.10. The van der Waals surface area contributed by atoms with E-state index in [1.54, 1.807) is 0 Å². The highest BCUT2D eigenvalue weighted by Gasteiger charge is 2.30. The molecule has 0 saturated carbocycles. The Morgan fingerprint density at radius 2 is 2.41 bits per heavy atom. The Morgan fingerprint density at radius 3 is 3.12 bits per heavy atom. The number of aliphatic carboxylic acids is 1. The number of fused-ring (bicyclic) bond motifs is 1. The topological polar surface area (TPSA) is 55.1 Å². The zero-order chi connectivity index (χ0) is 11.8. The monoisotopic (exact) mass is 252 g/mol. The number of hydrogen-bond donors (Lipinski definition) is 1. The van der Waals surface area contributed by atoms with Crippen molar-refractivity contribution >= 4 is 17.7 Å². The van der Waals surface area contributed by atoms with Crippen molar-refractivity contribution in [3.63, 3.8) is 0 Å². The summed E-state index contributed by atoms with van der Waals surface area (Å²) in [5.74, 6) is 1.40. The second-order valence-electron chi connectivity index (χ2n) is 4.79. The Hall–Kier alpha value is -0.970. The molecule has 1 fully saturated rings. The minimum Gasteiger partial charge on any atom is -0.481 e. The molecule has 4 nitrogen and oxygen atoms in total. The summed E-state index contributed by atoms with van der Waals surface area (Å²) >= 11 is 1.95. The number of thioether (sulfide) groups is 1. The van der Waals surface area contributed by atoms with Crippen molar-refractivity contribution < 1.29 is 9.90 Å². The highest BCUT2D eigenvalue weighted by atomic mass is 32.2. The van der Waals surface area contributed by atoms with Crippen LogP contribution in [0.4, 0.5) is 0 Å². The molecule has 1 saturated heterocycles. The summed E-state index contributed by atoms with van der Waals surface area (Å²) in [5, 5.41) is 9.60. The van der Waals surface area contributed by atoms with Crippen molar-refractivity contribution in [1.29, 1.82) is 0 Å². The van der Waals surface area contributed by atoms with Crippen molar-refractivity contribution in [2.75, 3.05) is 5.75 Å². The fourth-order valence-electron chi connectivity index (χ4n) is 2.71. The molecule has 0 radical (unpaired) electrons. The molecule has 2 atom stereocenters. The van der Waals surface area contributed by atoms with Gasteiger partial charge in [-0.25, -0.2) is 4.98 Å². The van der Waals surface area contributed by atoms with Crippen LogP contribution in [0.1, 0.15) is 36.0 Å². The molecule has 1 aromatic heterocycles. The van der Waals surface area contributed by atoms with E-state index in [1.165, 1.54) is 24.3 Å². The van der Waals surface area contributed by atoms with Gasteiger partial charge in [-0.3, -0.25) is 4.79 Å². The smallest absolute Gasteiger partial charge is 0.308 e. The van der Waals surface area contributed by atoms with Gasteiger partial charge in [0, 0.05) is 18.4 Å². The van der Waals surface area contributed by atoms with E-state index in [9.17, 15) is 4.79 Å². The van der Waals surface area contributed by atoms with Crippen LogP contribution in [0, 0.1) is 5.92 Å². The average Bonchev–Trinajstić information content (AvgIpc) is 2.96. The van der Waals surface area contributed by atoms with E-state index in [0.29, 0.717) is 11.8 Å². The first-order valence-corrected chi connectivity index (χ1v) is 7.19. The standard InChI is InChI=1S/C12H16N2O2S/c15-12(16)8-3-4-9-6-13-11(14(9)7-8)10-2-1-5-17-10/h6,8,10H,1-5,7H2,(H,15,16). The number of aromatic nitrogens is 2. The molecule has 3 heterocycles. The van der Waals surface area contributed by atoms with Gasteiger partial charge in [-0.05, 0) is 31.4 Å². The third kappa shape index (κ3) is 1.97. The van der Waals surface area contributed by atoms with Gasteiger partial charge < -0.3 is 9.67 Å². The molecule has 0 aromatic carbocycles. The van der Waals surface area contributed by atoms with Crippen LogP contribution in [0.2, 0.25) is 0 Å². The SMILES string of the molecule is O=C(O)C1CCc2cnc(C3CCCS3)n2C1. The first-order chi connectivity index (χ1) is 8.25. The summed E-state index contributed by atoms with van der Waals surface area (Å²) in [7, 11) is 0. The van der Waals surface area contributed by atoms with Crippen LogP contribution in [0.3, 0.4) is 0 Å². The van der Waals surface area contributed by atoms with Crippen molar-refractivity contribution in [2.45, 2.75) is 37.5 Å². The molecule has 2 aliphatic heterocycles. The van der Waals surface area contributed by atoms with E-state index in [-0.39, 0.29) is 5.92 Å². The molecule has 17 heavy (non-hydrogen) atoms. The predicted molar refractivity (Wildman–Crippen MR) is 66.1 cm³/mol. The quantitative estimate of drug-likeness (QED) is 0.875. The van der Waals surface area contributed by atoms with Gasteiger partial charge >= 0.3 is 5.97 Å². The number of carboxylic acid groups (broad SMARTS) is 1. The molecule has 2 aliphatic rings. The number of imidazole rings is 1. The van der Waals surface area contributed by atoms with Gasteiger partial charge in [0.2, 0.25) is 0 Å². The number of rotatable bonds is 2. The van der Waals surface area contributed by atoms with Gasteiger partial charge in [-0.15, -0.1) is 0 Å². The van der Waals surface area contributed by atoms with E-state index in [0.717, 1.165) is 18.7 Å². The molecular weight excluding hydrogens is 236 g/mol. The Balaban J connectivity index is 1.88. The molecule has 92 valence electrons. The summed E-state index contributed by atoms with van der Waals surface area (Å²) in [6, 6.07) is 0. The van der Waals surface area contributed by atoms with Crippen LogP contribution in [0.25, 0.3) is 0 Å². The zero-order valence-corrected chi connectivity index (χ0v) is 10.4. The number of carboxylic acids is 1. The van der Waals surface area contributed by atoms with Crippen molar-refractivity contribution in [3.05, 3.63) is 17.7 Å². The largest absolute Gasteiger partial charge is 0.481 e. The first-order valence-electron chi connectivity index (χ1n) is 6.14. The molecule has 2 unspecified atom stereocenters. The number of hydrogen-bond acceptors (Lipinski definition) is 3. The molecule has 0 spiro atoms. The van der Waals surface area contributed by atoms with Gasteiger partial charge in [-0.1, -0.05) is 0 Å². The van der Waals surface area contributed by atoms with E-state index < -0.39 is 5.97 Å². The van der Waals surface area contributed by atoms with Crippen LogP contribution >= 0.6 is 11.8 Å². The van der Waals surface area contributed by atoms with Crippen LogP contribution < -0.4 is 0 Å². The van der Waals surface area contributed by atoms with Gasteiger partial charge in [-0.2, -0.15) is 11.8 Å². The zero-order valence-electron chi connectivity index (χ0n) is 9.63. The van der Waals surface area contributed by atoms with Crippen molar-refractivity contribution in [2.24, 2.45) is 5.92 Å². The van der Waals surface area contributed by atoms with Crippen molar-refractivity contribution in [3.8, 4) is 0 Å². The Bertz CT molecular complexity index is 438. The molecule has 1 aromatic rings. The summed E-state index contributed by atoms with van der Waals surface area (Å²) in [6.45, 7) is 0.608. The highest BCUT2D eigenvalue weighted by molar-refractivity contribution is 7.99. The maximum atomic E-state index is 11.1. The summed E-state index contributed by atoms with van der Waals surface area (Å²) in [6.07, 6.45) is 5.96. The Kier molecular flexibility index (Phi) is 2.86. The molecule has 1 N–H and O–H groups in total. The van der Waals surface area contributed by atoms with Crippen molar-refractivity contribution in [1.82, 2.24) is 9.55 Å². The fourth-order valence-corrected chi connectivity index (χ4v) is 4.00. The third-order valence-electron chi connectivity index (χ3n) is 3.69. The fraction of sp³-hybridized carbons (Fsp3) is 0.667. The minimum absolute atomic E-state index is 0.234. The van der Waals surface area contributed by atoms with Gasteiger partial charge in [0.25, 0.3) is 0 Å². The lowest BCUT2D eigenvalue weighted by molar-refractivity contribution is -0.142. The summed E-state index contributed by atoms with van der Waals surface area (Å²) in [5.41, 5.74) is 1.21. The van der Waals surface area contributed by atoms with Crippen LogP contribution in [-0.4, -0.2) is 26.4 Å². The highest BCUT2D eigenvalue weighted by Crippen LogP contribution is 2.40. The average molecular weight is 252 g/mol. The van der Waals surface area contributed by atoms with E-state index in [1.807, 2.05) is 18.0 Å². The number of nitrogens with zero attached hydrogens (tertiary/aromatic N) is 2. The Morgan fingerprint density at radius 1 is 1.53 bits per heavy atom. The lowest BCUT2D eigenvalue weighted by Crippen LogP contribution is -2.27. The van der Waals surface area contributed by atoms with Gasteiger partial charge in [0.15, 0.2) is 0 Å². The van der Waals surface area contributed by atoms with Crippen LogP contribution in [-0.2, 0) is 17.8 Å². The lowest BCUT2D eigenvalue weighted by Gasteiger charge is -2.23. The van der Waals surface area contributed by atoms with Gasteiger partial charge in [0.05, 0.1) is 11.2 Å².